The predicted molar refractivity (Wildman–Crippen MR) is 112 cm³/mol. The Morgan fingerprint density at radius 2 is 1.46 bits per heavy atom. The zero-order valence-electron chi connectivity index (χ0n) is 15.3. The van der Waals surface area contributed by atoms with Crippen molar-refractivity contribution in [3.63, 3.8) is 0 Å². The van der Waals surface area contributed by atoms with E-state index in [1.807, 2.05) is 65.2 Å². The molecule has 0 spiro atoms. The Labute approximate surface area is 162 Å². The van der Waals surface area contributed by atoms with Gasteiger partial charge < -0.3 is 5.32 Å². The van der Waals surface area contributed by atoms with Crippen molar-refractivity contribution in [1.82, 2.24) is 19.6 Å². The molecule has 136 valence electrons. The summed E-state index contributed by atoms with van der Waals surface area (Å²) < 4.78 is 1.82. The average Bonchev–Trinajstić information content (AvgIpc) is 3.21. The van der Waals surface area contributed by atoms with Gasteiger partial charge in [0, 0.05) is 17.5 Å². The average molecular weight is 365 g/mol. The topological polar surface area (TPSA) is 55.1 Å². The van der Waals surface area contributed by atoms with E-state index < -0.39 is 0 Å². The molecule has 0 amide bonds. The van der Waals surface area contributed by atoms with Crippen molar-refractivity contribution in [1.29, 1.82) is 0 Å². The summed E-state index contributed by atoms with van der Waals surface area (Å²) in [5, 5.41) is 9.17. The quantitative estimate of drug-likeness (QED) is 0.495. The summed E-state index contributed by atoms with van der Waals surface area (Å²) in [6.45, 7) is 0.769. The second-order valence-corrected chi connectivity index (χ2v) is 6.65. The molecule has 28 heavy (non-hydrogen) atoms. The summed E-state index contributed by atoms with van der Waals surface area (Å²) in [6.07, 6.45) is 0.914. The number of nitrogens with one attached hydrogen (secondary N) is 1. The number of para-hydroxylation sites is 1. The van der Waals surface area contributed by atoms with E-state index >= 15 is 0 Å². The molecule has 0 bridgehead atoms. The maximum absolute atomic E-state index is 4.81. The van der Waals surface area contributed by atoms with Crippen LogP contribution in [0.2, 0.25) is 0 Å². The largest absolute Gasteiger partial charge is 0.354 e. The lowest BCUT2D eigenvalue weighted by atomic mass is 10.1. The van der Waals surface area contributed by atoms with Gasteiger partial charge >= 0.3 is 0 Å². The van der Waals surface area contributed by atoms with Crippen molar-refractivity contribution in [2.75, 3.05) is 11.9 Å². The third-order valence-corrected chi connectivity index (χ3v) is 4.75. The third kappa shape index (κ3) is 3.07. The molecule has 0 aliphatic carbocycles. The Morgan fingerprint density at radius 1 is 0.750 bits per heavy atom. The second-order valence-electron chi connectivity index (χ2n) is 6.65. The molecule has 0 fully saturated rings. The van der Waals surface area contributed by atoms with Crippen LogP contribution in [-0.2, 0) is 6.42 Å². The Hall–Kier alpha value is -3.73. The smallest absolute Gasteiger partial charge is 0.226 e. The van der Waals surface area contributed by atoms with Gasteiger partial charge in [0.05, 0.1) is 5.52 Å². The van der Waals surface area contributed by atoms with E-state index in [1.165, 1.54) is 5.56 Å². The first kappa shape index (κ1) is 16.4. The molecule has 5 aromatic rings. The van der Waals surface area contributed by atoms with Crippen LogP contribution in [0.4, 0.5) is 5.95 Å². The minimum Gasteiger partial charge on any atom is -0.354 e. The van der Waals surface area contributed by atoms with Crippen LogP contribution >= 0.6 is 0 Å². The molecule has 2 aromatic heterocycles. The molecule has 3 aromatic carbocycles. The van der Waals surface area contributed by atoms with Gasteiger partial charge in [0.2, 0.25) is 5.95 Å². The molecule has 5 rings (SSSR count). The molecule has 0 radical (unpaired) electrons. The van der Waals surface area contributed by atoms with Crippen molar-refractivity contribution >= 4 is 22.5 Å². The fourth-order valence-electron chi connectivity index (χ4n) is 3.34. The van der Waals surface area contributed by atoms with Gasteiger partial charge in [0.1, 0.15) is 0 Å². The third-order valence-electron chi connectivity index (χ3n) is 4.75. The molecule has 1 N–H and O–H groups in total. The number of nitrogens with zero attached hydrogens (tertiary/aromatic N) is 4. The van der Waals surface area contributed by atoms with Crippen LogP contribution in [0.1, 0.15) is 5.56 Å². The zero-order chi connectivity index (χ0) is 18.8. The lowest BCUT2D eigenvalue weighted by molar-refractivity contribution is 0.907. The van der Waals surface area contributed by atoms with Crippen LogP contribution in [0.25, 0.3) is 27.9 Å². The Morgan fingerprint density at radius 3 is 2.29 bits per heavy atom. The molecule has 5 nitrogen and oxygen atoms in total. The van der Waals surface area contributed by atoms with E-state index in [2.05, 4.69) is 29.6 Å². The summed E-state index contributed by atoms with van der Waals surface area (Å²) >= 11 is 0. The predicted octanol–water partition coefficient (Wildman–Crippen LogP) is 4.60. The van der Waals surface area contributed by atoms with Crippen molar-refractivity contribution in [2.24, 2.45) is 0 Å². The van der Waals surface area contributed by atoms with Gasteiger partial charge in [-0.15, -0.1) is 5.10 Å². The maximum Gasteiger partial charge on any atom is 0.226 e. The Bertz CT molecular complexity index is 1230. The summed E-state index contributed by atoms with van der Waals surface area (Å²) in [6, 6.07) is 28.5. The molecule has 0 aliphatic rings. The number of fused-ring (bicyclic) bond motifs is 3. The van der Waals surface area contributed by atoms with Gasteiger partial charge in [-0.2, -0.15) is 4.52 Å². The molecule has 5 heteroatoms. The highest BCUT2D eigenvalue weighted by Gasteiger charge is 2.14. The molecule has 2 heterocycles. The normalized spacial score (nSPS) is 11.1. The van der Waals surface area contributed by atoms with Gasteiger partial charge in [-0.3, -0.25) is 0 Å². The van der Waals surface area contributed by atoms with E-state index in [4.69, 9.17) is 15.1 Å². The summed E-state index contributed by atoms with van der Waals surface area (Å²) in [4.78, 5) is 9.60. The molecule has 0 atom stereocenters. The first-order valence-corrected chi connectivity index (χ1v) is 9.37. The number of aromatic nitrogens is 4. The fraction of sp³-hybridized carbons (Fsp3) is 0.0870. The van der Waals surface area contributed by atoms with Crippen LogP contribution in [0.15, 0.2) is 84.9 Å². The van der Waals surface area contributed by atoms with Crippen LogP contribution in [0.5, 0.6) is 0 Å². The zero-order valence-corrected chi connectivity index (χ0v) is 15.3. The van der Waals surface area contributed by atoms with Gasteiger partial charge in [0.15, 0.2) is 11.5 Å². The fourth-order valence-corrected chi connectivity index (χ4v) is 3.34. The van der Waals surface area contributed by atoms with E-state index in [0.717, 1.165) is 35.1 Å². The van der Waals surface area contributed by atoms with Crippen molar-refractivity contribution in [3.05, 3.63) is 90.5 Å². The molecule has 0 saturated heterocycles. The monoisotopic (exact) mass is 365 g/mol. The molecular weight excluding hydrogens is 346 g/mol. The minimum absolute atomic E-state index is 0.699. The number of hydrogen-bond donors (Lipinski definition) is 1. The Balaban J connectivity index is 1.55. The molecular formula is C23H19N5. The minimum atomic E-state index is 0.699. The van der Waals surface area contributed by atoms with Crippen LogP contribution in [0.3, 0.4) is 0 Å². The van der Waals surface area contributed by atoms with Gasteiger partial charge in [-0.25, -0.2) is 9.97 Å². The second kappa shape index (κ2) is 7.12. The lowest BCUT2D eigenvalue weighted by Crippen LogP contribution is -2.11. The first-order chi connectivity index (χ1) is 13.9. The van der Waals surface area contributed by atoms with Crippen LogP contribution in [-0.4, -0.2) is 26.1 Å². The highest BCUT2D eigenvalue weighted by molar-refractivity contribution is 5.92. The maximum atomic E-state index is 4.81. The standard InChI is InChI=1S/C23H19N5/c1-3-9-17(10-4-1)15-16-24-23-25-20-14-8-7-13-19(20)22-26-21(27-28(22)23)18-11-5-2-6-12-18/h1-14H,15-16H2,(H,24,25). The van der Waals surface area contributed by atoms with Gasteiger partial charge in [-0.05, 0) is 24.1 Å². The number of benzene rings is 3. The van der Waals surface area contributed by atoms with Gasteiger partial charge in [0.25, 0.3) is 0 Å². The highest BCUT2D eigenvalue weighted by Crippen LogP contribution is 2.24. The Kier molecular flexibility index (Phi) is 4.18. The van der Waals surface area contributed by atoms with E-state index in [9.17, 15) is 0 Å². The van der Waals surface area contributed by atoms with E-state index in [1.54, 1.807) is 0 Å². The van der Waals surface area contributed by atoms with E-state index in [-0.39, 0.29) is 0 Å². The SMILES string of the molecule is c1ccc(CCNc2nc3ccccc3c3nc(-c4ccccc4)nn23)cc1. The molecule has 0 unspecified atom stereocenters. The summed E-state index contributed by atoms with van der Waals surface area (Å²) in [7, 11) is 0. The van der Waals surface area contributed by atoms with Crippen molar-refractivity contribution < 1.29 is 0 Å². The summed E-state index contributed by atoms with van der Waals surface area (Å²) in [5.41, 5.74) is 4.00. The molecule has 0 saturated carbocycles. The summed E-state index contributed by atoms with van der Waals surface area (Å²) in [5.74, 6) is 1.41. The van der Waals surface area contributed by atoms with Crippen molar-refractivity contribution in [3.8, 4) is 11.4 Å². The molecule has 0 aliphatic heterocycles. The lowest BCUT2D eigenvalue weighted by Gasteiger charge is -2.09. The first-order valence-electron chi connectivity index (χ1n) is 9.37. The van der Waals surface area contributed by atoms with Gasteiger partial charge in [-0.1, -0.05) is 72.8 Å². The number of anilines is 1. The van der Waals surface area contributed by atoms with Crippen molar-refractivity contribution in [2.45, 2.75) is 6.42 Å². The number of rotatable bonds is 5. The van der Waals surface area contributed by atoms with Crippen LogP contribution < -0.4 is 5.32 Å². The van der Waals surface area contributed by atoms with E-state index in [0.29, 0.717) is 11.8 Å². The van der Waals surface area contributed by atoms with Crippen LogP contribution in [0, 0.1) is 0 Å². The highest BCUT2D eigenvalue weighted by atomic mass is 15.4. The number of hydrogen-bond acceptors (Lipinski definition) is 4.